The van der Waals surface area contributed by atoms with Gasteiger partial charge in [-0.3, -0.25) is 9.36 Å². The van der Waals surface area contributed by atoms with Crippen molar-refractivity contribution < 1.29 is 19.4 Å². The van der Waals surface area contributed by atoms with Gasteiger partial charge in [0.25, 0.3) is 0 Å². The summed E-state index contributed by atoms with van der Waals surface area (Å²) in [6.07, 6.45) is 1.08. The number of benzene rings is 1. The number of carboxylic acids is 1. The molecule has 0 radical (unpaired) electrons. The molecule has 0 saturated carbocycles. The van der Waals surface area contributed by atoms with Crippen LogP contribution in [-0.4, -0.2) is 22.1 Å². The van der Waals surface area contributed by atoms with Gasteiger partial charge in [0.05, 0.1) is 0 Å². The Balaban J connectivity index is 2.47. The molecule has 1 unspecified atom stereocenters. The van der Waals surface area contributed by atoms with Crippen molar-refractivity contribution in [1.29, 1.82) is 0 Å². The summed E-state index contributed by atoms with van der Waals surface area (Å²) in [6, 6.07) is 8.47. The number of aliphatic carboxylic acids is 1. The van der Waals surface area contributed by atoms with Gasteiger partial charge in [0.2, 0.25) is 7.37 Å². The second-order valence-corrected chi connectivity index (χ2v) is 5.98. The lowest BCUT2D eigenvalue weighted by atomic mass is 10.2. The van der Waals surface area contributed by atoms with Crippen molar-refractivity contribution in [3.8, 4) is 0 Å². The molecular weight excluding hydrogens is 227 g/mol. The fourth-order valence-electron chi connectivity index (χ4n) is 1.39. The molecule has 0 spiro atoms. The zero-order chi connectivity index (χ0) is 12.0. The first kappa shape index (κ1) is 12.9. The van der Waals surface area contributed by atoms with Gasteiger partial charge in [-0.25, -0.2) is 0 Å². The fourth-order valence-corrected chi connectivity index (χ4v) is 2.94. The summed E-state index contributed by atoms with van der Waals surface area (Å²) in [5, 5.41) is 8.86. The third-order valence-corrected chi connectivity index (χ3v) is 4.29. The van der Waals surface area contributed by atoms with Crippen LogP contribution < -0.4 is 5.30 Å². The van der Waals surface area contributed by atoms with Crippen LogP contribution >= 0.6 is 7.37 Å². The van der Waals surface area contributed by atoms with E-state index >= 15 is 0 Å². The minimum Gasteiger partial charge on any atom is -0.481 e. The van der Waals surface area contributed by atoms with Gasteiger partial charge in [0.1, 0.15) is 0 Å². The van der Waals surface area contributed by atoms with Crippen molar-refractivity contribution in [2.75, 3.05) is 6.16 Å². The number of hydrogen-bond acceptors (Lipinski definition) is 2. The summed E-state index contributed by atoms with van der Waals surface area (Å²) in [6.45, 7) is 0. The minimum atomic E-state index is -3.30. The molecule has 5 heteroatoms. The molecule has 1 aromatic rings. The van der Waals surface area contributed by atoms with Crippen LogP contribution in [0.5, 0.6) is 0 Å². The summed E-state index contributed by atoms with van der Waals surface area (Å²) in [5.41, 5.74) is 0. The van der Waals surface area contributed by atoms with Crippen molar-refractivity contribution in [1.82, 2.24) is 0 Å². The number of hydrogen-bond donors (Lipinski definition) is 2. The molecule has 1 atom stereocenters. The van der Waals surface area contributed by atoms with Gasteiger partial charge in [0, 0.05) is 17.9 Å². The third kappa shape index (κ3) is 4.17. The SMILES string of the molecule is O=C(O)CCCCP(=O)(O)c1ccccc1. The van der Waals surface area contributed by atoms with Gasteiger partial charge < -0.3 is 10.00 Å². The van der Waals surface area contributed by atoms with E-state index in [0.29, 0.717) is 18.1 Å². The molecule has 88 valence electrons. The number of unbranched alkanes of at least 4 members (excludes halogenated alkanes) is 1. The molecule has 0 aromatic heterocycles. The Bertz CT molecular complexity index is 388. The maximum atomic E-state index is 11.9. The van der Waals surface area contributed by atoms with E-state index in [1.807, 2.05) is 0 Å². The molecule has 0 amide bonds. The zero-order valence-electron chi connectivity index (χ0n) is 8.87. The Morgan fingerprint density at radius 1 is 1.19 bits per heavy atom. The summed E-state index contributed by atoms with van der Waals surface area (Å²) < 4.78 is 11.9. The molecule has 0 heterocycles. The Labute approximate surface area is 94.4 Å². The first-order valence-electron chi connectivity index (χ1n) is 5.11. The van der Waals surface area contributed by atoms with Crippen LogP contribution in [0, 0.1) is 0 Å². The highest BCUT2D eigenvalue weighted by Crippen LogP contribution is 2.40. The van der Waals surface area contributed by atoms with Crippen LogP contribution in [0.25, 0.3) is 0 Å². The molecular formula is C11H15O4P. The van der Waals surface area contributed by atoms with E-state index in [2.05, 4.69) is 0 Å². The predicted molar refractivity (Wildman–Crippen MR) is 62.3 cm³/mol. The highest BCUT2D eigenvalue weighted by molar-refractivity contribution is 7.66. The first-order valence-corrected chi connectivity index (χ1v) is 6.96. The average Bonchev–Trinajstić information content (AvgIpc) is 2.26. The molecule has 1 rings (SSSR count). The maximum absolute atomic E-state index is 11.9. The molecule has 0 aliphatic carbocycles. The molecule has 1 aromatic carbocycles. The third-order valence-electron chi connectivity index (χ3n) is 2.26. The second-order valence-electron chi connectivity index (χ2n) is 3.61. The standard InChI is InChI=1S/C11H15O4P/c12-11(13)8-4-5-9-16(14,15)10-6-2-1-3-7-10/h1-3,6-7H,4-5,8-9H2,(H,12,13)(H,14,15). The molecule has 2 N–H and O–H groups in total. The Kier molecular flexibility index (Phi) is 4.71. The van der Waals surface area contributed by atoms with Crippen molar-refractivity contribution >= 4 is 18.6 Å². The van der Waals surface area contributed by atoms with E-state index in [0.717, 1.165) is 0 Å². The van der Waals surface area contributed by atoms with Crippen molar-refractivity contribution in [3.63, 3.8) is 0 Å². The van der Waals surface area contributed by atoms with Crippen LogP contribution in [0.1, 0.15) is 19.3 Å². The van der Waals surface area contributed by atoms with Gasteiger partial charge in [-0.1, -0.05) is 18.2 Å². The van der Waals surface area contributed by atoms with Gasteiger partial charge in [-0.15, -0.1) is 0 Å². The fraction of sp³-hybridized carbons (Fsp3) is 0.364. The highest BCUT2D eigenvalue weighted by Gasteiger charge is 2.19. The van der Waals surface area contributed by atoms with Crippen molar-refractivity contribution in [3.05, 3.63) is 30.3 Å². The number of carboxylic acid groups (broad SMARTS) is 1. The highest BCUT2D eigenvalue weighted by atomic mass is 31.2. The van der Waals surface area contributed by atoms with E-state index in [9.17, 15) is 14.3 Å². The van der Waals surface area contributed by atoms with Crippen LogP contribution in [0.3, 0.4) is 0 Å². The lowest BCUT2D eigenvalue weighted by molar-refractivity contribution is -0.137. The normalized spacial score (nSPS) is 14.3. The quantitative estimate of drug-likeness (QED) is 0.589. The van der Waals surface area contributed by atoms with E-state index in [1.165, 1.54) is 0 Å². The largest absolute Gasteiger partial charge is 0.481 e. The van der Waals surface area contributed by atoms with E-state index in [-0.39, 0.29) is 12.6 Å². The van der Waals surface area contributed by atoms with Crippen molar-refractivity contribution in [2.24, 2.45) is 0 Å². The molecule has 0 aliphatic heterocycles. The maximum Gasteiger partial charge on any atom is 0.303 e. The predicted octanol–water partition coefficient (Wildman–Crippen LogP) is 1.84. The van der Waals surface area contributed by atoms with Gasteiger partial charge in [0.15, 0.2) is 0 Å². The van der Waals surface area contributed by atoms with E-state index in [4.69, 9.17) is 5.11 Å². The lowest BCUT2D eigenvalue weighted by Gasteiger charge is -2.10. The summed E-state index contributed by atoms with van der Waals surface area (Å²) >= 11 is 0. The molecule has 0 fully saturated rings. The summed E-state index contributed by atoms with van der Waals surface area (Å²) in [5.74, 6) is -0.868. The van der Waals surface area contributed by atoms with Crippen LogP contribution in [0.4, 0.5) is 0 Å². The van der Waals surface area contributed by atoms with Gasteiger partial charge in [-0.2, -0.15) is 0 Å². The Morgan fingerprint density at radius 2 is 1.81 bits per heavy atom. The summed E-state index contributed by atoms with van der Waals surface area (Å²) in [4.78, 5) is 20.0. The monoisotopic (exact) mass is 242 g/mol. The zero-order valence-corrected chi connectivity index (χ0v) is 9.77. The van der Waals surface area contributed by atoms with Crippen LogP contribution in [0.2, 0.25) is 0 Å². The first-order chi connectivity index (χ1) is 7.52. The Hall–Kier alpha value is -1.12. The van der Waals surface area contributed by atoms with Crippen molar-refractivity contribution in [2.45, 2.75) is 19.3 Å². The lowest BCUT2D eigenvalue weighted by Crippen LogP contribution is -2.07. The second kappa shape index (κ2) is 5.83. The average molecular weight is 242 g/mol. The smallest absolute Gasteiger partial charge is 0.303 e. The molecule has 4 nitrogen and oxygen atoms in total. The Morgan fingerprint density at radius 3 is 2.38 bits per heavy atom. The topological polar surface area (TPSA) is 74.6 Å². The van der Waals surface area contributed by atoms with Crippen LogP contribution in [0.15, 0.2) is 30.3 Å². The van der Waals surface area contributed by atoms with E-state index < -0.39 is 13.3 Å². The molecule has 0 aliphatic rings. The molecule has 0 saturated heterocycles. The van der Waals surface area contributed by atoms with Crippen LogP contribution in [-0.2, 0) is 9.36 Å². The number of rotatable bonds is 6. The summed E-state index contributed by atoms with van der Waals surface area (Å²) in [7, 11) is -3.30. The number of carbonyl (C=O) groups is 1. The molecule has 16 heavy (non-hydrogen) atoms. The minimum absolute atomic E-state index is 0.0504. The van der Waals surface area contributed by atoms with Gasteiger partial charge >= 0.3 is 5.97 Å². The van der Waals surface area contributed by atoms with E-state index in [1.54, 1.807) is 30.3 Å². The van der Waals surface area contributed by atoms with Gasteiger partial charge in [-0.05, 0) is 25.0 Å². The molecule has 0 bridgehead atoms.